The number of nitrogen functional groups attached to an aromatic ring is 1. The van der Waals surface area contributed by atoms with Crippen LogP contribution < -0.4 is 5.73 Å². The van der Waals surface area contributed by atoms with Gasteiger partial charge < -0.3 is 10.5 Å². The number of carbonyl (C=O) groups excluding carboxylic acids is 1. The van der Waals surface area contributed by atoms with Crippen LogP contribution in [0.1, 0.15) is 23.0 Å². The summed E-state index contributed by atoms with van der Waals surface area (Å²) in [6, 6.07) is 7.85. The van der Waals surface area contributed by atoms with Crippen molar-refractivity contribution in [3.63, 3.8) is 0 Å². The van der Waals surface area contributed by atoms with Gasteiger partial charge in [-0.2, -0.15) is 5.10 Å². The topological polar surface area (TPSA) is 81.0 Å². The number of hydrogen-bond acceptors (Lipinski definition) is 4. The zero-order chi connectivity index (χ0) is 13.1. The average molecular weight is 245 g/mol. The monoisotopic (exact) mass is 245 g/mol. The zero-order valence-corrected chi connectivity index (χ0v) is 10.4. The molecule has 0 saturated heterocycles. The van der Waals surface area contributed by atoms with Crippen molar-refractivity contribution >= 4 is 11.8 Å². The molecular weight excluding hydrogens is 230 g/mol. The van der Waals surface area contributed by atoms with Crippen molar-refractivity contribution in [1.29, 1.82) is 0 Å². The van der Waals surface area contributed by atoms with Gasteiger partial charge in [0, 0.05) is 0 Å². The number of aryl methyl sites for hydroxylation is 1. The van der Waals surface area contributed by atoms with Gasteiger partial charge >= 0.3 is 5.97 Å². The fraction of sp³-hybridized carbons (Fsp3) is 0.231. The third-order valence-corrected chi connectivity index (χ3v) is 2.83. The highest BCUT2D eigenvalue weighted by molar-refractivity contribution is 5.98. The van der Waals surface area contributed by atoms with E-state index in [0.29, 0.717) is 11.4 Å². The number of methoxy groups -OCH3 is 1. The molecule has 2 aromatic rings. The molecule has 0 spiro atoms. The van der Waals surface area contributed by atoms with E-state index in [1.165, 1.54) is 12.7 Å². The first-order chi connectivity index (χ1) is 8.67. The van der Waals surface area contributed by atoms with Gasteiger partial charge in [0.15, 0.2) is 11.5 Å². The molecule has 5 nitrogen and oxygen atoms in total. The maximum absolute atomic E-state index is 11.6. The molecular formula is C13H15N3O2. The number of nitrogens with two attached hydrogens (primary N) is 1. The molecule has 0 saturated carbocycles. The molecule has 0 bridgehead atoms. The van der Waals surface area contributed by atoms with Gasteiger partial charge in [-0.15, -0.1) is 0 Å². The van der Waals surface area contributed by atoms with Crippen molar-refractivity contribution in [3.05, 3.63) is 35.5 Å². The third kappa shape index (κ3) is 2.07. The second-order valence-corrected chi connectivity index (χ2v) is 3.90. The second-order valence-electron chi connectivity index (χ2n) is 3.90. The van der Waals surface area contributed by atoms with E-state index in [1.54, 1.807) is 0 Å². The fourth-order valence-corrected chi connectivity index (χ4v) is 1.81. The first kappa shape index (κ1) is 12.2. The summed E-state index contributed by atoms with van der Waals surface area (Å²) in [4.78, 5) is 11.6. The minimum Gasteiger partial charge on any atom is -0.464 e. The SMILES string of the molecule is CCc1ccc(-c2c(N)n[nH]c2C(=O)OC)cc1. The van der Waals surface area contributed by atoms with Gasteiger partial charge in [0.25, 0.3) is 0 Å². The molecule has 0 aliphatic heterocycles. The summed E-state index contributed by atoms with van der Waals surface area (Å²) in [5.41, 5.74) is 8.72. The van der Waals surface area contributed by atoms with Gasteiger partial charge in [0.05, 0.1) is 12.7 Å². The summed E-state index contributed by atoms with van der Waals surface area (Å²) in [7, 11) is 1.32. The lowest BCUT2D eigenvalue weighted by Gasteiger charge is -2.04. The lowest BCUT2D eigenvalue weighted by molar-refractivity contribution is 0.0595. The maximum atomic E-state index is 11.6. The van der Waals surface area contributed by atoms with E-state index in [1.807, 2.05) is 24.3 Å². The van der Waals surface area contributed by atoms with Crippen molar-refractivity contribution in [2.75, 3.05) is 12.8 Å². The predicted octanol–water partition coefficient (Wildman–Crippen LogP) is 2.01. The fourth-order valence-electron chi connectivity index (χ4n) is 1.81. The Morgan fingerprint density at radius 2 is 2.06 bits per heavy atom. The van der Waals surface area contributed by atoms with E-state index in [-0.39, 0.29) is 5.69 Å². The standard InChI is InChI=1S/C13H15N3O2/c1-3-8-4-6-9(7-5-8)10-11(13(17)18-2)15-16-12(10)14/h4-7H,3H2,1-2H3,(H3,14,15,16). The summed E-state index contributed by atoms with van der Waals surface area (Å²) in [5.74, 6) is -0.187. The highest BCUT2D eigenvalue weighted by atomic mass is 16.5. The molecule has 1 aromatic heterocycles. The van der Waals surface area contributed by atoms with Crippen molar-refractivity contribution in [3.8, 4) is 11.1 Å². The summed E-state index contributed by atoms with van der Waals surface area (Å²) in [5, 5.41) is 6.46. The first-order valence-corrected chi connectivity index (χ1v) is 5.68. The summed E-state index contributed by atoms with van der Waals surface area (Å²) in [6.45, 7) is 2.08. The van der Waals surface area contributed by atoms with Gasteiger partial charge in [0.1, 0.15) is 0 Å². The predicted molar refractivity (Wildman–Crippen MR) is 69.2 cm³/mol. The summed E-state index contributed by atoms with van der Waals surface area (Å²) < 4.78 is 4.69. The Bertz CT molecular complexity index is 558. The van der Waals surface area contributed by atoms with Gasteiger partial charge in [-0.3, -0.25) is 5.10 Å². The van der Waals surface area contributed by atoms with Crippen molar-refractivity contribution in [1.82, 2.24) is 10.2 Å². The molecule has 0 amide bonds. The number of rotatable bonds is 3. The molecule has 2 rings (SSSR count). The zero-order valence-electron chi connectivity index (χ0n) is 10.4. The van der Waals surface area contributed by atoms with Gasteiger partial charge in [-0.1, -0.05) is 31.2 Å². The Labute approximate surface area is 105 Å². The molecule has 0 unspecified atom stereocenters. The van der Waals surface area contributed by atoms with Crippen LogP contribution in [0.25, 0.3) is 11.1 Å². The molecule has 18 heavy (non-hydrogen) atoms. The molecule has 0 radical (unpaired) electrons. The number of H-pyrrole nitrogens is 1. The minimum atomic E-state index is -0.478. The number of ether oxygens (including phenoxy) is 1. The number of benzene rings is 1. The minimum absolute atomic E-state index is 0.277. The van der Waals surface area contributed by atoms with E-state index < -0.39 is 5.97 Å². The molecule has 5 heteroatoms. The molecule has 1 aromatic carbocycles. The van der Waals surface area contributed by atoms with Crippen molar-refractivity contribution in [2.45, 2.75) is 13.3 Å². The third-order valence-electron chi connectivity index (χ3n) is 2.83. The van der Waals surface area contributed by atoms with E-state index in [0.717, 1.165) is 12.0 Å². The Morgan fingerprint density at radius 3 is 2.61 bits per heavy atom. The van der Waals surface area contributed by atoms with Crippen LogP contribution in [0.15, 0.2) is 24.3 Å². The number of aromatic amines is 1. The van der Waals surface area contributed by atoms with Gasteiger partial charge in [0.2, 0.25) is 0 Å². The molecule has 0 aliphatic carbocycles. The molecule has 0 atom stereocenters. The van der Waals surface area contributed by atoms with Crippen LogP contribution in [0.5, 0.6) is 0 Å². The van der Waals surface area contributed by atoms with Crippen molar-refractivity contribution in [2.24, 2.45) is 0 Å². The molecule has 0 fully saturated rings. The quantitative estimate of drug-likeness (QED) is 0.810. The van der Waals surface area contributed by atoms with Gasteiger partial charge in [-0.25, -0.2) is 4.79 Å². The normalized spacial score (nSPS) is 10.3. The Kier molecular flexibility index (Phi) is 3.32. The van der Waals surface area contributed by atoms with E-state index >= 15 is 0 Å². The van der Waals surface area contributed by atoms with E-state index in [2.05, 4.69) is 17.1 Å². The highest BCUT2D eigenvalue weighted by Gasteiger charge is 2.19. The average Bonchev–Trinajstić information content (AvgIpc) is 2.80. The van der Waals surface area contributed by atoms with Gasteiger partial charge in [-0.05, 0) is 17.5 Å². The summed E-state index contributed by atoms with van der Waals surface area (Å²) in [6.07, 6.45) is 0.963. The lowest BCUT2D eigenvalue weighted by atomic mass is 10.0. The first-order valence-electron chi connectivity index (χ1n) is 5.68. The molecule has 1 heterocycles. The number of nitrogens with zero attached hydrogens (tertiary/aromatic N) is 1. The van der Waals surface area contributed by atoms with Crippen LogP contribution in [0.2, 0.25) is 0 Å². The Hall–Kier alpha value is -2.30. The van der Waals surface area contributed by atoms with Crippen molar-refractivity contribution < 1.29 is 9.53 Å². The Morgan fingerprint density at radius 1 is 1.39 bits per heavy atom. The van der Waals surface area contributed by atoms with Crippen LogP contribution in [-0.2, 0) is 11.2 Å². The van der Waals surface area contributed by atoms with Crippen LogP contribution in [0.4, 0.5) is 5.82 Å². The molecule has 0 aliphatic rings. The number of aromatic nitrogens is 2. The number of hydrogen-bond donors (Lipinski definition) is 2. The van der Waals surface area contributed by atoms with Crippen LogP contribution in [-0.4, -0.2) is 23.3 Å². The summed E-state index contributed by atoms with van der Waals surface area (Å²) >= 11 is 0. The van der Waals surface area contributed by atoms with Crippen LogP contribution in [0.3, 0.4) is 0 Å². The number of anilines is 1. The molecule has 94 valence electrons. The smallest absolute Gasteiger partial charge is 0.356 e. The second kappa shape index (κ2) is 4.91. The Balaban J connectivity index is 2.48. The van der Waals surface area contributed by atoms with Crippen LogP contribution in [0, 0.1) is 0 Å². The highest BCUT2D eigenvalue weighted by Crippen LogP contribution is 2.28. The van der Waals surface area contributed by atoms with Crippen LogP contribution >= 0.6 is 0 Å². The number of carbonyl (C=O) groups is 1. The van der Waals surface area contributed by atoms with E-state index in [9.17, 15) is 4.79 Å². The van der Waals surface area contributed by atoms with E-state index in [4.69, 9.17) is 10.5 Å². The maximum Gasteiger partial charge on any atom is 0.356 e. The largest absolute Gasteiger partial charge is 0.464 e. The number of nitrogens with one attached hydrogen (secondary N) is 1. The lowest BCUT2D eigenvalue weighted by Crippen LogP contribution is -2.03. The molecule has 3 N–H and O–H groups in total. The number of esters is 1.